The normalized spacial score (nSPS) is 14.8. The summed E-state index contributed by atoms with van der Waals surface area (Å²) in [4.78, 5) is 0. The average molecular weight is 431 g/mol. The molecule has 0 spiro atoms. The molecule has 25 heavy (non-hydrogen) atoms. The summed E-state index contributed by atoms with van der Waals surface area (Å²) < 4.78 is 42.6. The third-order valence-corrected chi connectivity index (χ3v) is 4.64. The van der Waals surface area contributed by atoms with Gasteiger partial charge in [0, 0.05) is 11.5 Å². The van der Waals surface area contributed by atoms with Gasteiger partial charge in [0.05, 0.1) is 0 Å². The van der Waals surface area contributed by atoms with Crippen LogP contribution in [-0.2, 0) is 51.4 Å². The summed E-state index contributed by atoms with van der Waals surface area (Å²) >= 11 is 8.42. The molecule has 132 valence electrons. The van der Waals surface area contributed by atoms with E-state index >= 15 is 0 Å². The number of phenols is 2. The zero-order chi connectivity index (χ0) is 18.4. The summed E-state index contributed by atoms with van der Waals surface area (Å²) in [6.07, 6.45) is 0. The van der Waals surface area contributed by atoms with Crippen molar-refractivity contribution in [1.29, 1.82) is 0 Å². The molecule has 0 saturated carbocycles. The number of phenolic OH excluding ortho intramolecular Hbond substituents is 2. The van der Waals surface area contributed by atoms with Gasteiger partial charge in [0.1, 0.15) is 11.5 Å². The van der Waals surface area contributed by atoms with E-state index in [9.17, 15) is 17.5 Å². The third-order valence-electron chi connectivity index (χ3n) is 2.56. The fraction of sp³-hybridized carbons (Fsp3) is 0.143. The minimum Gasteiger partial charge on any atom is -0.769 e. The van der Waals surface area contributed by atoms with Crippen molar-refractivity contribution in [2.24, 2.45) is 0 Å². The summed E-state index contributed by atoms with van der Waals surface area (Å²) in [5, 5.41) is 17.8. The average Bonchev–Trinajstić information content (AvgIpc) is 2.42. The summed E-state index contributed by atoms with van der Waals surface area (Å²) in [5.74, 6) is -0.105. The second kappa shape index (κ2) is 10.6. The third kappa shape index (κ3) is 12.5. The topological polar surface area (TPSA) is 121 Å². The first-order valence-electron chi connectivity index (χ1n) is 6.37. The van der Waals surface area contributed by atoms with Gasteiger partial charge in [-0.2, -0.15) is 0 Å². The molecule has 0 fully saturated rings. The van der Waals surface area contributed by atoms with Gasteiger partial charge in [-0.05, 0) is 75.3 Å². The molecule has 0 bridgehead atoms. The first kappa shape index (κ1) is 24.5. The van der Waals surface area contributed by atoms with Crippen molar-refractivity contribution < 1.29 is 27.7 Å². The maximum Gasteiger partial charge on any atom is 2.00 e. The second-order valence-electron chi connectivity index (χ2n) is 4.74. The standard InChI is InChI=1S/2C7H8O3S2.Mg/c2*8-7-3-1-6(2-4-7)5-12(9,10)11;/h2*1-4,8H,5H2,(H,9,10,11);/q;;+2/p-2. The molecule has 2 aromatic carbocycles. The van der Waals surface area contributed by atoms with E-state index in [1.54, 1.807) is 0 Å². The van der Waals surface area contributed by atoms with E-state index in [4.69, 9.17) is 10.2 Å². The Morgan fingerprint density at radius 3 is 1.16 bits per heavy atom. The van der Waals surface area contributed by atoms with Gasteiger partial charge in [-0.15, -0.1) is 0 Å². The Kier molecular flexibility index (Phi) is 10.3. The Hall–Kier alpha value is -0.534. The molecule has 2 atom stereocenters. The molecule has 0 aliphatic rings. The van der Waals surface area contributed by atoms with E-state index in [-0.39, 0.29) is 46.1 Å². The minimum absolute atomic E-state index is 0. The van der Waals surface area contributed by atoms with E-state index in [0.29, 0.717) is 11.1 Å². The van der Waals surface area contributed by atoms with Crippen molar-refractivity contribution >= 4 is 63.0 Å². The van der Waals surface area contributed by atoms with Crippen LogP contribution in [0.2, 0.25) is 0 Å². The maximum absolute atomic E-state index is 10.6. The van der Waals surface area contributed by atoms with Crippen LogP contribution in [0.5, 0.6) is 11.5 Å². The molecule has 2 N–H and O–H groups in total. The van der Waals surface area contributed by atoms with Crippen molar-refractivity contribution in [1.82, 2.24) is 0 Å². The molecule has 0 aliphatic heterocycles. The van der Waals surface area contributed by atoms with Crippen LogP contribution < -0.4 is 0 Å². The predicted octanol–water partition coefficient (Wildman–Crippen LogP) is 1.16. The molecule has 2 aromatic rings. The molecule has 0 amide bonds. The molecule has 11 heteroatoms. The Morgan fingerprint density at radius 2 is 0.960 bits per heavy atom. The van der Waals surface area contributed by atoms with Crippen LogP contribution in [0.15, 0.2) is 48.5 Å². The second-order valence-corrected chi connectivity index (χ2v) is 10.6. The Labute approximate surface area is 172 Å². The van der Waals surface area contributed by atoms with Gasteiger partial charge in [-0.1, -0.05) is 24.3 Å². The number of hydrogen-bond donors (Lipinski definition) is 2. The van der Waals surface area contributed by atoms with Gasteiger partial charge in [0.2, 0.25) is 0 Å². The Balaban J connectivity index is 0.000000443. The fourth-order valence-electron chi connectivity index (χ4n) is 1.59. The monoisotopic (exact) mass is 430 g/mol. The van der Waals surface area contributed by atoms with Gasteiger partial charge in [-0.25, -0.2) is 0 Å². The number of rotatable bonds is 4. The first-order valence-corrected chi connectivity index (χ1v) is 11.5. The fourth-order valence-corrected chi connectivity index (χ4v) is 3.61. The molecule has 0 aromatic heterocycles. The molecule has 0 aliphatic carbocycles. The molecular weight excluding hydrogens is 417 g/mol. The summed E-state index contributed by atoms with van der Waals surface area (Å²) in [6.45, 7) is 0. The SMILES string of the molecule is O=S([O-])(=S)Cc1ccc(O)cc1.O=S([O-])(=S)Cc1ccc(O)cc1.[Mg+2]. The summed E-state index contributed by atoms with van der Waals surface area (Å²) in [6, 6.07) is 11.8. The van der Waals surface area contributed by atoms with E-state index < -0.39 is 17.5 Å². The Bertz CT molecular complexity index is 787. The van der Waals surface area contributed by atoms with Crippen LogP contribution in [0.25, 0.3) is 0 Å². The van der Waals surface area contributed by atoms with E-state index in [1.807, 2.05) is 0 Å². The van der Waals surface area contributed by atoms with Crippen molar-refractivity contribution in [3.63, 3.8) is 0 Å². The van der Waals surface area contributed by atoms with Gasteiger partial charge >= 0.3 is 23.1 Å². The Morgan fingerprint density at radius 1 is 0.720 bits per heavy atom. The predicted molar refractivity (Wildman–Crippen MR) is 102 cm³/mol. The van der Waals surface area contributed by atoms with Crippen molar-refractivity contribution in [3.05, 3.63) is 59.7 Å². The van der Waals surface area contributed by atoms with Gasteiger partial charge < -0.3 is 19.3 Å². The summed E-state index contributed by atoms with van der Waals surface area (Å²) in [5.41, 5.74) is 1.17. The largest absolute Gasteiger partial charge is 2.00 e. The maximum atomic E-state index is 10.6. The molecule has 0 radical (unpaired) electrons. The van der Waals surface area contributed by atoms with Gasteiger partial charge in [0.25, 0.3) is 0 Å². The molecule has 2 rings (SSSR count). The van der Waals surface area contributed by atoms with Crippen molar-refractivity contribution in [2.75, 3.05) is 0 Å². The zero-order valence-electron chi connectivity index (χ0n) is 12.9. The molecule has 6 nitrogen and oxygen atoms in total. The molecule has 2 unspecified atom stereocenters. The van der Waals surface area contributed by atoms with Crippen LogP contribution in [0.4, 0.5) is 0 Å². The van der Waals surface area contributed by atoms with E-state index in [2.05, 4.69) is 22.4 Å². The molecule has 0 heterocycles. The van der Waals surface area contributed by atoms with Gasteiger partial charge in [-0.3, -0.25) is 8.42 Å². The zero-order valence-corrected chi connectivity index (χ0v) is 17.6. The quantitative estimate of drug-likeness (QED) is 0.693. The minimum atomic E-state index is -3.39. The number of aromatic hydroxyl groups is 2. The van der Waals surface area contributed by atoms with Crippen LogP contribution in [-0.4, -0.2) is 50.8 Å². The molecular formula is C14H14MgO6S4. The van der Waals surface area contributed by atoms with Crippen LogP contribution in [0, 0.1) is 0 Å². The number of hydrogen-bond acceptors (Lipinski definition) is 8. The van der Waals surface area contributed by atoms with Crippen LogP contribution >= 0.6 is 0 Å². The summed E-state index contributed by atoms with van der Waals surface area (Å²) in [7, 11) is -6.78. The van der Waals surface area contributed by atoms with E-state index in [1.165, 1.54) is 48.5 Å². The molecule has 0 saturated heterocycles. The van der Waals surface area contributed by atoms with Crippen LogP contribution in [0.3, 0.4) is 0 Å². The van der Waals surface area contributed by atoms with Gasteiger partial charge in [0.15, 0.2) is 0 Å². The van der Waals surface area contributed by atoms with Crippen LogP contribution in [0.1, 0.15) is 11.1 Å². The van der Waals surface area contributed by atoms with Crippen molar-refractivity contribution in [2.45, 2.75) is 11.5 Å². The van der Waals surface area contributed by atoms with E-state index in [0.717, 1.165) is 0 Å². The number of benzene rings is 2. The first-order chi connectivity index (χ1) is 10.9. The smallest absolute Gasteiger partial charge is 0.769 e. The van der Waals surface area contributed by atoms with Crippen molar-refractivity contribution in [3.8, 4) is 11.5 Å².